The third-order valence-electron chi connectivity index (χ3n) is 20.4. The molecule has 20 unspecified atom stereocenters. The third kappa shape index (κ3) is 14.1. The van der Waals surface area contributed by atoms with Gasteiger partial charge in [0.05, 0.1) is 0 Å². The van der Waals surface area contributed by atoms with Crippen molar-refractivity contribution in [2.24, 2.45) is 53.3 Å². The molecule has 75 heavy (non-hydrogen) atoms. The zero-order valence-electron chi connectivity index (χ0n) is 48.8. The molecular weight excluding hydrogens is 1220 g/mol. The second-order valence-corrected chi connectivity index (χ2v) is 70.1. The van der Waals surface area contributed by atoms with E-state index >= 15 is 0 Å². The van der Waals surface area contributed by atoms with Crippen LogP contribution in [0.1, 0.15) is 77.0 Å². The molecule has 0 radical (unpaired) electrons. The Hall–Kier alpha value is 2.83. The van der Waals surface area contributed by atoms with Crippen molar-refractivity contribution in [1.82, 2.24) is 0 Å². The minimum Gasteiger partial charge on any atom is -0.420 e. The highest BCUT2D eigenvalue weighted by Gasteiger charge is 2.62. The van der Waals surface area contributed by atoms with Crippen LogP contribution in [0, 0.1) is 53.3 Å². The Morgan fingerprint density at radius 1 is 0.267 bits per heavy atom. The van der Waals surface area contributed by atoms with Gasteiger partial charge in [0.1, 0.15) is 0 Å². The molecule has 20 atom stereocenters. The molecule has 0 aromatic rings. The summed E-state index contributed by atoms with van der Waals surface area (Å²) in [7, 11) is -32.9. The Kier molecular flexibility index (Phi) is 19.5. The molecule has 0 N–H and O–H groups in total. The van der Waals surface area contributed by atoms with E-state index in [4.69, 9.17) is 65.8 Å². The fourth-order valence-corrected chi connectivity index (χ4v) is 86.0. The Labute approximate surface area is 476 Å². The van der Waals surface area contributed by atoms with Crippen LogP contribution in [-0.2, 0) is 65.8 Å². The van der Waals surface area contributed by atoms with Crippen molar-refractivity contribution in [1.29, 1.82) is 0 Å². The van der Waals surface area contributed by atoms with Gasteiger partial charge in [0.25, 0.3) is 55.7 Å². The first-order valence-electron chi connectivity index (χ1n) is 29.9. The van der Waals surface area contributed by atoms with E-state index in [0.29, 0.717) is 46.2 Å². The topological polar surface area (TPSA) is 148 Å². The van der Waals surface area contributed by atoms with Crippen LogP contribution in [0.15, 0.2) is 0 Å². The average molecular weight is 1320 g/mol. The maximum atomic E-state index is 7.25. The molecule has 4 heterocycles. The zero-order chi connectivity index (χ0) is 53.6. The molecule has 0 aromatic carbocycles. The van der Waals surface area contributed by atoms with Crippen molar-refractivity contribution in [3.63, 3.8) is 0 Å². The molecule has 32 heteroatoms. The van der Waals surface area contributed by atoms with Gasteiger partial charge in [-0.1, -0.05) is 0 Å². The van der Waals surface area contributed by atoms with Crippen LogP contribution >= 0.6 is 0 Å². The summed E-state index contributed by atoms with van der Waals surface area (Å²) >= 11 is 0. The van der Waals surface area contributed by atoms with Gasteiger partial charge in [-0.2, -0.15) is 0 Å². The monoisotopic (exact) mass is 1320 g/mol. The summed E-state index contributed by atoms with van der Waals surface area (Å²) in [4.78, 5) is 0. The molecule has 0 amide bonds. The van der Waals surface area contributed by atoms with Crippen LogP contribution in [0.4, 0.5) is 0 Å². The normalized spacial score (nSPS) is 56.6. The first-order chi connectivity index (χ1) is 35.2. The molecule has 10 aliphatic rings. The first kappa shape index (κ1) is 60.9. The lowest BCUT2D eigenvalue weighted by atomic mass is 9.86. The van der Waals surface area contributed by atoms with Gasteiger partial charge < -0.3 is 65.8 Å². The minimum absolute atomic E-state index is 0.512. The summed E-state index contributed by atoms with van der Waals surface area (Å²) in [5, 5.41) is 0. The van der Waals surface area contributed by atoms with Crippen molar-refractivity contribution in [2.75, 3.05) is 0 Å². The van der Waals surface area contributed by atoms with E-state index in [0.717, 1.165) is 41.8 Å². The number of rotatable bonds is 12. The summed E-state index contributed by atoms with van der Waals surface area (Å²) in [5.74, 6) is 6.34. The summed E-state index contributed by atoms with van der Waals surface area (Å²) in [5.41, 5.74) is 1.58. The van der Waals surface area contributed by atoms with Crippen LogP contribution in [0.25, 0.3) is 0 Å². The summed E-state index contributed by atoms with van der Waals surface area (Å²) < 4.78 is 110. The predicted molar refractivity (Wildman–Crippen MR) is 330 cm³/mol. The second-order valence-electron chi connectivity index (χ2n) is 26.5. The lowest BCUT2D eigenvalue weighted by molar-refractivity contribution is 0.216. The summed E-state index contributed by atoms with van der Waals surface area (Å²) in [6, 6.07) is 3.10. The highest BCUT2D eigenvalue weighted by atomic mass is 28.5. The fourth-order valence-electron chi connectivity index (χ4n) is 18.0. The van der Waals surface area contributed by atoms with Crippen molar-refractivity contribution < 1.29 is 65.8 Å². The molecule has 6 bridgehead atoms. The van der Waals surface area contributed by atoms with Crippen LogP contribution in [0.5, 0.6) is 0 Å². The molecule has 6 aliphatic carbocycles. The number of hydrogen-bond acceptors (Lipinski definition) is 16. The van der Waals surface area contributed by atoms with E-state index in [2.05, 4.69) is 105 Å². The maximum Gasteiger partial charge on any atom is 0.320 e. The van der Waals surface area contributed by atoms with Gasteiger partial charge in [0, 0.05) is 16.6 Å². The molecule has 6 saturated carbocycles. The molecular formula is C43H100O16Si16. The van der Waals surface area contributed by atoms with Gasteiger partial charge in [0.2, 0.25) is 0 Å². The van der Waals surface area contributed by atoms with Crippen LogP contribution < -0.4 is 0 Å². The van der Waals surface area contributed by atoms with E-state index in [9.17, 15) is 0 Å². The fraction of sp³-hybridized carbons (Fsp3) is 1.00. The van der Waals surface area contributed by atoms with E-state index in [1.54, 1.807) is 0 Å². The van der Waals surface area contributed by atoms with Crippen molar-refractivity contribution in [3.8, 4) is 0 Å². The van der Waals surface area contributed by atoms with Crippen molar-refractivity contribution in [2.45, 2.75) is 217 Å². The SMILES string of the molecule is C[SiH]1O[SiH](C)O[Si](C)(CCC2CC3CC2CC3[Si]2(C)O[SiH](C)O[Si](C)(CCC3CC4CC3CC4[Si]3(C)O[SiH](C)O[Si](C)(CCC4CC5CC4CC5[Si]4(C)O[SiH](C)O[SiH](C)O[SiH](C)O4)O[SiH](C)O3)O[SiH](C)O2)O[SiH](C)O1. The van der Waals surface area contributed by atoms with E-state index < -0.39 is 144 Å². The second kappa shape index (κ2) is 23.9. The molecule has 432 valence electrons. The Morgan fingerprint density at radius 3 is 0.733 bits per heavy atom. The molecule has 10 fully saturated rings. The lowest BCUT2D eigenvalue weighted by Gasteiger charge is -2.47. The molecule has 10 rings (SSSR count). The van der Waals surface area contributed by atoms with Gasteiger partial charge in [-0.05, 0) is 253 Å². The quantitative estimate of drug-likeness (QED) is 0.176. The molecule has 16 nitrogen and oxygen atoms in total. The average Bonchev–Trinajstić information content (AvgIpc) is 4.14. The standard InChI is InChI=1S/C43H100O16Si16/c1-60-44-62(3)48-70(11,49-63(4)45-60)20-17-32-24-39-27-36(32)30-42(39)74(15)56-68(9)52-72(13,53-69(10)57-74)22-19-34-25-40-28-37(34)31-43(40)75(16)58-66(7)50-71(12,51-67(8)59-75)21-18-33-23-38-26-35(33)29-41(38)73(14)54-64(5)46-61(2)47-65(6)55-73/h32-43,60-69H,17-31H2,1-16H3. The van der Waals surface area contributed by atoms with Gasteiger partial charge >= 0.3 is 88.5 Å². The van der Waals surface area contributed by atoms with Crippen LogP contribution in [0.3, 0.4) is 0 Å². The zero-order valence-corrected chi connectivity index (χ0v) is 66.4. The van der Waals surface area contributed by atoms with Crippen molar-refractivity contribution in [3.05, 3.63) is 0 Å². The maximum absolute atomic E-state index is 7.25. The van der Waals surface area contributed by atoms with E-state index in [-0.39, 0.29) is 0 Å². The predicted octanol–water partition coefficient (Wildman–Crippen LogP) is 7.66. The summed E-state index contributed by atoms with van der Waals surface area (Å²) in [6.07, 6.45) is 14.9. The molecule has 4 saturated heterocycles. The van der Waals surface area contributed by atoms with Gasteiger partial charge in [0.15, 0.2) is 0 Å². The highest BCUT2D eigenvalue weighted by molar-refractivity contribution is 6.87. The van der Waals surface area contributed by atoms with Crippen LogP contribution in [0.2, 0.25) is 140 Å². The number of hydrogen-bond donors (Lipinski definition) is 0. The lowest BCUT2D eigenvalue weighted by Crippen LogP contribution is -2.60. The van der Waals surface area contributed by atoms with E-state index in [1.807, 2.05) is 0 Å². The van der Waals surface area contributed by atoms with Gasteiger partial charge in [-0.15, -0.1) is 0 Å². The molecule has 0 aromatic heterocycles. The molecule has 4 aliphatic heterocycles. The largest absolute Gasteiger partial charge is 0.420 e. The number of fused-ring (bicyclic) bond motifs is 6. The Bertz CT molecular complexity index is 1910. The first-order valence-corrected chi connectivity index (χ1v) is 65.7. The van der Waals surface area contributed by atoms with Crippen molar-refractivity contribution >= 4 is 144 Å². The highest BCUT2D eigenvalue weighted by Crippen LogP contribution is 2.63. The Balaban J connectivity index is 0.669. The third-order valence-corrected chi connectivity index (χ3v) is 81.5. The van der Waals surface area contributed by atoms with E-state index in [1.165, 1.54) is 77.0 Å². The van der Waals surface area contributed by atoms with Gasteiger partial charge in [-0.3, -0.25) is 0 Å². The van der Waals surface area contributed by atoms with Gasteiger partial charge in [-0.25, -0.2) is 0 Å². The molecule has 0 spiro atoms. The Morgan fingerprint density at radius 2 is 0.493 bits per heavy atom. The minimum atomic E-state index is -2.53. The van der Waals surface area contributed by atoms with Crippen LogP contribution in [-0.4, -0.2) is 144 Å². The smallest absolute Gasteiger partial charge is 0.320 e. The summed E-state index contributed by atoms with van der Waals surface area (Å²) in [6.45, 7) is 35.9.